The number of nitrogens with zero attached hydrogens (tertiary/aromatic N) is 2. The molecule has 0 saturated heterocycles. The minimum absolute atomic E-state index is 0.0716. The summed E-state index contributed by atoms with van der Waals surface area (Å²) in [7, 11) is 0. The molecule has 0 spiro atoms. The van der Waals surface area contributed by atoms with Crippen molar-refractivity contribution in [2.75, 3.05) is 34.8 Å². The van der Waals surface area contributed by atoms with E-state index >= 15 is 0 Å². The lowest BCUT2D eigenvalue weighted by Gasteiger charge is -2.29. The molecule has 0 aromatic heterocycles. The Balaban J connectivity index is 1.25. The topological polar surface area (TPSA) is 61.9 Å². The molecule has 0 fully saturated rings. The van der Waals surface area contributed by atoms with Gasteiger partial charge in [0.1, 0.15) is 12.4 Å². The molecule has 1 N–H and O–H groups in total. The van der Waals surface area contributed by atoms with Crippen molar-refractivity contribution in [2.24, 2.45) is 0 Å². The number of anilines is 4. The van der Waals surface area contributed by atoms with E-state index in [0.29, 0.717) is 18.9 Å². The van der Waals surface area contributed by atoms with E-state index in [4.69, 9.17) is 4.74 Å². The number of carbonyl (C=O) groups excluding carboxylic acids is 2. The van der Waals surface area contributed by atoms with E-state index in [1.807, 2.05) is 54.6 Å². The molecule has 2 aliphatic heterocycles. The highest BCUT2D eigenvalue weighted by molar-refractivity contribution is 6.00. The van der Waals surface area contributed by atoms with Gasteiger partial charge in [0.05, 0.1) is 23.6 Å². The van der Waals surface area contributed by atoms with Crippen molar-refractivity contribution in [3.05, 3.63) is 78.4 Å². The van der Waals surface area contributed by atoms with Gasteiger partial charge in [-0.05, 0) is 42.3 Å². The molecule has 0 bridgehead atoms. The average Bonchev–Trinajstić information content (AvgIpc) is 3.26. The normalized spacial score (nSPS) is 14.4. The Morgan fingerprint density at radius 1 is 0.812 bits per heavy atom. The molecule has 6 heteroatoms. The number of nitrogens with one attached hydrogen (secondary N) is 1. The number of rotatable bonds is 5. The Morgan fingerprint density at radius 3 is 2.41 bits per heavy atom. The molecule has 0 saturated carbocycles. The number of para-hydroxylation sites is 5. The van der Waals surface area contributed by atoms with Crippen LogP contribution < -0.4 is 19.9 Å². The van der Waals surface area contributed by atoms with Crippen LogP contribution in [-0.4, -0.2) is 31.5 Å². The zero-order valence-electron chi connectivity index (χ0n) is 17.8. The monoisotopic (exact) mass is 427 g/mol. The predicted molar refractivity (Wildman–Crippen MR) is 126 cm³/mol. The van der Waals surface area contributed by atoms with E-state index in [0.717, 1.165) is 30.0 Å². The Hall–Kier alpha value is -3.80. The smallest absolute Gasteiger partial charge is 0.227 e. The van der Waals surface area contributed by atoms with Crippen LogP contribution in [0.5, 0.6) is 5.75 Å². The Bertz CT molecular complexity index is 1160. The van der Waals surface area contributed by atoms with Crippen LogP contribution in [0.2, 0.25) is 0 Å². The second kappa shape index (κ2) is 8.75. The van der Waals surface area contributed by atoms with Crippen LogP contribution in [-0.2, 0) is 16.0 Å². The molecule has 0 aliphatic carbocycles. The van der Waals surface area contributed by atoms with Gasteiger partial charge in [-0.3, -0.25) is 9.59 Å². The molecule has 5 rings (SSSR count). The zero-order valence-corrected chi connectivity index (χ0v) is 17.8. The largest absolute Gasteiger partial charge is 0.490 e. The van der Waals surface area contributed by atoms with E-state index in [9.17, 15) is 9.59 Å². The summed E-state index contributed by atoms with van der Waals surface area (Å²) in [6.07, 6.45) is 1.26. The lowest BCUT2D eigenvalue weighted by molar-refractivity contribution is -0.122. The molecule has 2 heterocycles. The van der Waals surface area contributed by atoms with Crippen LogP contribution in [0.1, 0.15) is 18.4 Å². The maximum absolute atomic E-state index is 12.8. The molecule has 32 heavy (non-hydrogen) atoms. The second-order valence-electron chi connectivity index (χ2n) is 7.96. The van der Waals surface area contributed by atoms with Crippen molar-refractivity contribution >= 4 is 34.6 Å². The van der Waals surface area contributed by atoms with Crippen LogP contribution >= 0.6 is 0 Å². The summed E-state index contributed by atoms with van der Waals surface area (Å²) >= 11 is 0. The molecular weight excluding hydrogens is 402 g/mol. The Kier molecular flexibility index (Phi) is 5.50. The summed E-state index contributed by atoms with van der Waals surface area (Å²) < 4.78 is 5.62. The fourth-order valence-electron chi connectivity index (χ4n) is 4.40. The van der Waals surface area contributed by atoms with Gasteiger partial charge in [0, 0.05) is 25.1 Å². The summed E-state index contributed by atoms with van der Waals surface area (Å²) in [6.45, 7) is 1.83. The molecule has 0 radical (unpaired) electrons. The third-order valence-electron chi connectivity index (χ3n) is 5.95. The summed E-state index contributed by atoms with van der Waals surface area (Å²) in [4.78, 5) is 29.5. The molecule has 3 aromatic rings. The molecule has 2 aliphatic rings. The van der Waals surface area contributed by atoms with Crippen molar-refractivity contribution in [2.45, 2.75) is 19.3 Å². The highest BCUT2D eigenvalue weighted by atomic mass is 16.5. The first-order valence-electron chi connectivity index (χ1n) is 11.0. The van der Waals surface area contributed by atoms with Crippen molar-refractivity contribution in [1.82, 2.24) is 0 Å². The minimum Gasteiger partial charge on any atom is -0.490 e. The van der Waals surface area contributed by atoms with Gasteiger partial charge in [0.2, 0.25) is 11.8 Å². The van der Waals surface area contributed by atoms with Crippen molar-refractivity contribution in [3.63, 3.8) is 0 Å². The SMILES string of the molecule is O=C(CCC(=O)N1CCOc2ccccc21)Nc1ccccc1N1CCc2ccccc21. The lowest BCUT2D eigenvalue weighted by Crippen LogP contribution is -2.38. The number of hydrogen-bond acceptors (Lipinski definition) is 4. The molecule has 162 valence electrons. The first kappa shape index (κ1) is 20.1. The fourth-order valence-corrected chi connectivity index (χ4v) is 4.40. The molecule has 0 atom stereocenters. The highest BCUT2D eigenvalue weighted by Gasteiger charge is 2.25. The number of fused-ring (bicyclic) bond motifs is 2. The summed E-state index contributed by atoms with van der Waals surface area (Å²) in [6, 6.07) is 23.7. The van der Waals surface area contributed by atoms with Crippen molar-refractivity contribution in [1.29, 1.82) is 0 Å². The van der Waals surface area contributed by atoms with E-state index in [1.165, 1.54) is 11.3 Å². The molecule has 0 unspecified atom stereocenters. The number of ether oxygens (including phenoxy) is 1. The van der Waals surface area contributed by atoms with E-state index in [1.54, 1.807) is 4.90 Å². The first-order chi connectivity index (χ1) is 15.7. The molecule has 3 aromatic carbocycles. The molecular formula is C26H25N3O3. The summed E-state index contributed by atoms with van der Waals surface area (Å²) in [5, 5.41) is 3.02. The van der Waals surface area contributed by atoms with Crippen LogP contribution in [0.15, 0.2) is 72.8 Å². The maximum Gasteiger partial charge on any atom is 0.227 e. The minimum atomic E-state index is -0.167. The van der Waals surface area contributed by atoms with Gasteiger partial charge in [-0.15, -0.1) is 0 Å². The third-order valence-corrected chi connectivity index (χ3v) is 5.95. The lowest BCUT2D eigenvalue weighted by atomic mass is 10.1. The van der Waals surface area contributed by atoms with E-state index in [-0.39, 0.29) is 24.7 Å². The van der Waals surface area contributed by atoms with Gasteiger partial charge in [-0.1, -0.05) is 42.5 Å². The van der Waals surface area contributed by atoms with E-state index < -0.39 is 0 Å². The predicted octanol–water partition coefficient (Wildman–Crippen LogP) is 4.53. The third kappa shape index (κ3) is 3.91. The highest BCUT2D eigenvalue weighted by Crippen LogP contribution is 2.38. The van der Waals surface area contributed by atoms with E-state index in [2.05, 4.69) is 28.4 Å². The van der Waals surface area contributed by atoms with Crippen molar-refractivity contribution < 1.29 is 14.3 Å². The number of carbonyl (C=O) groups is 2. The molecule has 6 nitrogen and oxygen atoms in total. The summed E-state index contributed by atoms with van der Waals surface area (Å²) in [5.41, 5.74) is 4.99. The standard InChI is InChI=1S/C26H25N3O3/c30-25(13-14-26(31)29-17-18-32-24-12-6-5-11-23(24)29)27-20-8-2-4-10-22(20)28-16-15-19-7-1-3-9-21(19)28/h1-12H,13-18H2,(H,27,30). The van der Waals surface area contributed by atoms with Gasteiger partial charge in [0.15, 0.2) is 0 Å². The quantitative estimate of drug-likeness (QED) is 0.650. The van der Waals surface area contributed by atoms with Gasteiger partial charge >= 0.3 is 0 Å². The number of amides is 2. The van der Waals surface area contributed by atoms with Gasteiger partial charge in [-0.25, -0.2) is 0 Å². The van der Waals surface area contributed by atoms with Crippen LogP contribution in [0.4, 0.5) is 22.7 Å². The first-order valence-corrected chi connectivity index (χ1v) is 11.0. The van der Waals surface area contributed by atoms with Crippen LogP contribution in [0.3, 0.4) is 0 Å². The zero-order chi connectivity index (χ0) is 21.9. The van der Waals surface area contributed by atoms with Crippen LogP contribution in [0.25, 0.3) is 0 Å². The van der Waals surface area contributed by atoms with Gasteiger partial charge in [0.25, 0.3) is 0 Å². The van der Waals surface area contributed by atoms with Crippen molar-refractivity contribution in [3.8, 4) is 5.75 Å². The summed E-state index contributed by atoms with van der Waals surface area (Å²) in [5.74, 6) is 0.467. The number of hydrogen-bond donors (Lipinski definition) is 1. The fraction of sp³-hybridized carbons (Fsp3) is 0.231. The Labute approximate surface area is 187 Å². The maximum atomic E-state index is 12.8. The average molecular weight is 428 g/mol. The van der Waals surface area contributed by atoms with Gasteiger partial charge in [-0.2, -0.15) is 0 Å². The molecule has 2 amide bonds. The Morgan fingerprint density at radius 2 is 1.53 bits per heavy atom. The second-order valence-corrected chi connectivity index (χ2v) is 7.96. The van der Waals surface area contributed by atoms with Gasteiger partial charge < -0.3 is 19.9 Å². The number of benzene rings is 3. The van der Waals surface area contributed by atoms with Crippen LogP contribution in [0, 0.1) is 0 Å².